The van der Waals surface area contributed by atoms with Gasteiger partial charge in [0.2, 0.25) is 0 Å². The summed E-state index contributed by atoms with van der Waals surface area (Å²) in [6.45, 7) is 1.70. The molecule has 2 nitrogen and oxygen atoms in total. The van der Waals surface area contributed by atoms with Crippen molar-refractivity contribution in [2.45, 2.75) is 31.7 Å². The molecule has 0 N–H and O–H groups in total. The predicted molar refractivity (Wildman–Crippen MR) is 87.2 cm³/mol. The third kappa shape index (κ3) is 2.63. The maximum atomic E-state index is 14.3. The summed E-state index contributed by atoms with van der Waals surface area (Å²) >= 11 is 1.96. The second-order valence-electron chi connectivity index (χ2n) is 6.45. The molecule has 1 aromatic carbocycles. The lowest BCUT2D eigenvalue weighted by atomic mass is 9.95. The molecule has 1 aliphatic carbocycles. The first-order chi connectivity index (χ1) is 10.7. The highest BCUT2D eigenvalue weighted by Gasteiger charge is 2.40. The molecule has 4 rings (SSSR count). The van der Waals surface area contributed by atoms with Gasteiger partial charge < -0.3 is 0 Å². The normalized spacial score (nSPS) is 23.5. The zero-order chi connectivity index (χ0) is 15.1. The van der Waals surface area contributed by atoms with E-state index < -0.39 is 6.04 Å². The smallest absolute Gasteiger partial charge is 0.157 e. The highest BCUT2D eigenvalue weighted by Crippen LogP contribution is 2.42. The van der Waals surface area contributed by atoms with Gasteiger partial charge in [-0.25, -0.2) is 4.39 Å². The van der Waals surface area contributed by atoms with Crippen LogP contribution in [0, 0.1) is 11.7 Å². The number of rotatable bonds is 4. The molecule has 4 heteroatoms. The van der Waals surface area contributed by atoms with Crippen LogP contribution in [0.4, 0.5) is 4.39 Å². The molecule has 3 aliphatic rings. The Hall–Kier alpha value is -1.13. The third-order valence-corrected chi connectivity index (χ3v) is 6.16. The van der Waals surface area contributed by atoms with Gasteiger partial charge >= 0.3 is 0 Å². The van der Waals surface area contributed by atoms with E-state index in [-0.39, 0.29) is 17.5 Å². The number of Topliss-reactive ketones (excluding diaryl/α,β-unsaturated/α-hetero) is 1. The third-order valence-electron chi connectivity index (χ3n) is 4.91. The zero-order valence-corrected chi connectivity index (χ0v) is 13.4. The highest BCUT2D eigenvalue weighted by molar-refractivity contribution is 8.03. The van der Waals surface area contributed by atoms with Crippen LogP contribution < -0.4 is 0 Å². The standard InChI is InChI=1S/C18H20FNOS/c19-15-4-2-1-3-14(15)17(18(21)12-5-6-12)20-9-7-16-13(11-20)8-10-22-16/h1-4,12,17H,5-11H2. The molecule has 0 spiro atoms. The minimum absolute atomic E-state index is 0.151. The first-order valence-electron chi connectivity index (χ1n) is 8.10. The number of carbonyl (C=O) groups is 1. The van der Waals surface area contributed by atoms with Crippen LogP contribution in [0.5, 0.6) is 0 Å². The van der Waals surface area contributed by atoms with Crippen molar-refractivity contribution in [3.8, 4) is 0 Å². The van der Waals surface area contributed by atoms with Gasteiger partial charge in [0, 0.05) is 30.3 Å². The Morgan fingerprint density at radius 2 is 2.09 bits per heavy atom. The van der Waals surface area contributed by atoms with Gasteiger partial charge in [-0.2, -0.15) is 0 Å². The van der Waals surface area contributed by atoms with Crippen molar-refractivity contribution < 1.29 is 9.18 Å². The lowest BCUT2D eigenvalue weighted by Crippen LogP contribution is -2.39. The van der Waals surface area contributed by atoms with Gasteiger partial charge in [0.1, 0.15) is 5.82 Å². The van der Waals surface area contributed by atoms with Crippen LogP contribution >= 0.6 is 11.8 Å². The van der Waals surface area contributed by atoms with Crippen LogP contribution in [0.25, 0.3) is 0 Å². The van der Waals surface area contributed by atoms with Gasteiger partial charge in [0.15, 0.2) is 5.78 Å². The first kappa shape index (κ1) is 14.5. The van der Waals surface area contributed by atoms with Crippen LogP contribution in [-0.4, -0.2) is 29.5 Å². The monoisotopic (exact) mass is 317 g/mol. The molecule has 2 heterocycles. The molecule has 0 radical (unpaired) electrons. The molecular formula is C18H20FNOS. The summed E-state index contributed by atoms with van der Waals surface area (Å²) in [5.74, 6) is 1.29. The number of hydrogen-bond acceptors (Lipinski definition) is 3. The van der Waals surface area contributed by atoms with Crippen molar-refractivity contribution in [2.24, 2.45) is 5.92 Å². The summed E-state index contributed by atoms with van der Waals surface area (Å²) in [4.78, 5) is 16.5. The van der Waals surface area contributed by atoms with E-state index in [9.17, 15) is 9.18 Å². The summed E-state index contributed by atoms with van der Waals surface area (Å²) in [6.07, 6.45) is 4.09. The van der Waals surface area contributed by atoms with Crippen LogP contribution in [0.3, 0.4) is 0 Å². The van der Waals surface area contributed by atoms with Crippen molar-refractivity contribution >= 4 is 17.5 Å². The molecule has 1 unspecified atom stereocenters. The van der Waals surface area contributed by atoms with E-state index in [1.807, 2.05) is 17.8 Å². The fraction of sp³-hybridized carbons (Fsp3) is 0.500. The Balaban J connectivity index is 1.66. The first-order valence-corrected chi connectivity index (χ1v) is 9.08. The summed E-state index contributed by atoms with van der Waals surface area (Å²) in [5.41, 5.74) is 2.04. The van der Waals surface area contributed by atoms with Crippen molar-refractivity contribution in [3.63, 3.8) is 0 Å². The van der Waals surface area contributed by atoms with Crippen LogP contribution in [0.15, 0.2) is 34.7 Å². The van der Waals surface area contributed by atoms with E-state index in [2.05, 4.69) is 4.90 Å². The highest BCUT2D eigenvalue weighted by atomic mass is 32.2. The van der Waals surface area contributed by atoms with Gasteiger partial charge in [-0.3, -0.25) is 9.69 Å². The Kier molecular flexibility index (Phi) is 3.82. The van der Waals surface area contributed by atoms with Crippen molar-refractivity contribution in [1.29, 1.82) is 0 Å². The van der Waals surface area contributed by atoms with Gasteiger partial charge in [-0.15, -0.1) is 11.8 Å². The minimum atomic E-state index is -0.395. The Morgan fingerprint density at radius 1 is 1.27 bits per heavy atom. The molecule has 1 aromatic rings. The number of hydrogen-bond donors (Lipinski definition) is 0. The summed E-state index contributed by atoms with van der Waals surface area (Å²) in [5, 5.41) is 0. The Bertz CT molecular complexity index is 638. The van der Waals surface area contributed by atoms with E-state index in [0.29, 0.717) is 5.56 Å². The van der Waals surface area contributed by atoms with Gasteiger partial charge in [0.05, 0.1) is 6.04 Å². The van der Waals surface area contributed by atoms with E-state index in [1.54, 1.807) is 12.1 Å². The molecule has 2 aliphatic heterocycles. The summed E-state index contributed by atoms with van der Waals surface area (Å²) in [7, 11) is 0. The number of halogens is 1. The Labute approximate surface area is 134 Å². The SMILES string of the molecule is O=C(C1CC1)C(c1ccccc1F)N1CCC2=C(CCS2)C1. The second-order valence-corrected chi connectivity index (χ2v) is 7.64. The molecule has 1 fully saturated rings. The number of ketones is 1. The van der Waals surface area contributed by atoms with Crippen molar-refractivity contribution in [2.75, 3.05) is 18.8 Å². The van der Waals surface area contributed by atoms with Crippen LogP contribution in [0.1, 0.15) is 37.3 Å². The maximum Gasteiger partial charge on any atom is 0.157 e. The van der Waals surface area contributed by atoms with Crippen LogP contribution in [0.2, 0.25) is 0 Å². The molecule has 0 aromatic heterocycles. The van der Waals surface area contributed by atoms with Crippen LogP contribution in [-0.2, 0) is 4.79 Å². The number of thioether (sulfide) groups is 1. The van der Waals surface area contributed by atoms with Crippen molar-refractivity contribution in [3.05, 3.63) is 46.1 Å². The van der Waals surface area contributed by atoms with Gasteiger partial charge in [-0.1, -0.05) is 18.2 Å². The average Bonchev–Trinajstić information content (AvgIpc) is 3.27. The number of carbonyl (C=O) groups excluding carboxylic acids is 1. The average molecular weight is 317 g/mol. The number of benzene rings is 1. The molecule has 22 heavy (non-hydrogen) atoms. The molecular weight excluding hydrogens is 297 g/mol. The molecule has 116 valence electrons. The van der Waals surface area contributed by atoms with Crippen molar-refractivity contribution in [1.82, 2.24) is 4.90 Å². The largest absolute Gasteiger partial charge is 0.297 e. The minimum Gasteiger partial charge on any atom is -0.297 e. The maximum absolute atomic E-state index is 14.3. The molecule has 0 bridgehead atoms. The van der Waals surface area contributed by atoms with E-state index in [0.717, 1.165) is 38.8 Å². The number of nitrogens with zero attached hydrogens (tertiary/aromatic N) is 1. The summed E-state index contributed by atoms with van der Waals surface area (Å²) < 4.78 is 14.3. The quantitative estimate of drug-likeness (QED) is 0.839. The summed E-state index contributed by atoms with van der Waals surface area (Å²) in [6, 6.07) is 6.40. The van der Waals surface area contributed by atoms with Gasteiger partial charge in [0.25, 0.3) is 0 Å². The lowest BCUT2D eigenvalue weighted by molar-refractivity contribution is -0.125. The second kappa shape index (κ2) is 5.82. The molecule has 0 amide bonds. The van der Waals surface area contributed by atoms with E-state index in [1.165, 1.54) is 22.3 Å². The molecule has 1 atom stereocenters. The zero-order valence-electron chi connectivity index (χ0n) is 12.6. The van der Waals surface area contributed by atoms with E-state index >= 15 is 0 Å². The lowest BCUT2D eigenvalue weighted by Gasteiger charge is -2.35. The molecule has 1 saturated carbocycles. The fourth-order valence-corrected chi connectivity index (χ4v) is 4.76. The van der Waals surface area contributed by atoms with E-state index in [4.69, 9.17) is 0 Å². The molecule has 0 saturated heterocycles. The van der Waals surface area contributed by atoms with Gasteiger partial charge in [-0.05, 0) is 42.2 Å². The topological polar surface area (TPSA) is 20.3 Å². The fourth-order valence-electron chi connectivity index (χ4n) is 3.56. The predicted octanol–water partition coefficient (Wildman–Crippen LogP) is 3.94. The Morgan fingerprint density at radius 3 is 2.86 bits per heavy atom.